The Bertz CT molecular complexity index is 1030. The third-order valence-electron chi connectivity index (χ3n) is 4.48. The normalized spacial score (nSPS) is 16.6. The molecule has 1 saturated heterocycles. The summed E-state index contributed by atoms with van der Waals surface area (Å²) >= 11 is 0. The summed E-state index contributed by atoms with van der Waals surface area (Å²) in [5.74, 6) is -0.0133. The molecule has 0 unspecified atom stereocenters. The smallest absolute Gasteiger partial charge is 0.236 e. The fourth-order valence-electron chi connectivity index (χ4n) is 2.98. The summed E-state index contributed by atoms with van der Waals surface area (Å²) in [6, 6.07) is 12.4. The van der Waals surface area contributed by atoms with Crippen LogP contribution in [0.1, 0.15) is 23.1 Å². The van der Waals surface area contributed by atoms with Crippen LogP contribution in [0, 0.1) is 13.8 Å². The number of nitrogens with one attached hydrogen (secondary N) is 1. The second-order valence-corrected chi connectivity index (χ2v) is 10.3. The summed E-state index contributed by atoms with van der Waals surface area (Å²) in [5, 5.41) is 0. The Morgan fingerprint density at radius 1 is 1.08 bits per heavy atom. The zero-order valence-electron chi connectivity index (χ0n) is 14.8. The van der Waals surface area contributed by atoms with Crippen molar-refractivity contribution in [3.05, 3.63) is 59.2 Å². The molecule has 1 aliphatic rings. The van der Waals surface area contributed by atoms with Crippen LogP contribution < -0.4 is 9.03 Å². The molecule has 3 rings (SSSR count). The molecule has 1 N–H and O–H groups in total. The predicted molar refractivity (Wildman–Crippen MR) is 104 cm³/mol. The Hall–Kier alpha value is -2.06. The van der Waals surface area contributed by atoms with Gasteiger partial charge in [0.05, 0.1) is 22.9 Å². The van der Waals surface area contributed by atoms with E-state index in [0.717, 1.165) is 16.7 Å². The van der Waals surface area contributed by atoms with E-state index < -0.39 is 20.0 Å². The summed E-state index contributed by atoms with van der Waals surface area (Å²) in [4.78, 5) is 0. The van der Waals surface area contributed by atoms with Gasteiger partial charge in [-0.15, -0.1) is 0 Å². The summed E-state index contributed by atoms with van der Waals surface area (Å²) in [5.41, 5.74) is 3.26. The van der Waals surface area contributed by atoms with E-state index in [1.54, 1.807) is 31.2 Å². The van der Waals surface area contributed by atoms with Gasteiger partial charge in [0.15, 0.2) is 0 Å². The van der Waals surface area contributed by atoms with Crippen LogP contribution in [0.3, 0.4) is 0 Å². The molecule has 0 aliphatic carbocycles. The molecule has 0 radical (unpaired) electrons. The highest BCUT2D eigenvalue weighted by Gasteiger charge is 2.29. The number of hydrogen-bond donors (Lipinski definition) is 1. The van der Waals surface area contributed by atoms with E-state index in [0.29, 0.717) is 24.3 Å². The number of benzene rings is 2. The van der Waals surface area contributed by atoms with Crippen molar-refractivity contribution in [2.75, 3.05) is 21.3 Å². The largest absolute Gasteiger partial charge is 0.283 e. The summed E-state index contributed by atoms with van der Waals surface area (Å²) < 4.78 is 53.3. The molecule has 0 saturated carbocycles. The Morgan fingerprint density at radius 2 is 1.81 bits per heavy atom. The van der Waals surface area contributed by atoms with Crippen molar-refractivity contribution in [1.29, 1.82) is 0 Å². The summed E-state index contributed by atoms with van der Waals surface area (Å²) in [6.07, 6.45) is 0.574. The van der Waals surface area contributed by atoms with E-state index in [9.17, 15) is 16.8 Å². The number of sulfonamides is 2. The molecule has 140 valence electrons. The maximum atomic E-state index is 12.6. The lowest BCUT2D eigenvalue weighted by Gasteiger charge is -2.19. The van der Waals surface area contributed by atoms with Crippen molar-refractivity contribution in [3.63, 3.8) is 0 Å². The van der Waals surface area contributed by atoms with Crippen LogP contribution in [0.2, 0.25) is 0 Å². The van der Waals surface area contributed by atoms with Gasteiger partial charge in [0.25, 0.3) is 0 Å². The van der Waals surface area contributed by atoms with Crippen molar-refractivity contribution >= 4 is 31.4 Å². The lowest BCUT2D eigenvalue weighted by atomic mass is 10.1. The van der Waals surface area contributed by atoms with Gasteiger partial charge in [-0.25, -0.2) is 16.8 Å². The highest BCUT2D eigenvalue weighted by atomic mass is 32.2. The van der Waals surface area contributed by atoms with Gasteiger partial charge in [0.2, 0.25) is 20.0 Å². The zero-order chi connectivity index (χ0) is 18.9. The van der Waals surface area contributed by atoms with E-state index in [4.69, 9.17) is 0 Å². The van der Waals surface area contributed by atoms with Gasteiger partial charge in [0, 0.05) is 6.54 Å². The van der Waals surface area contributed by atoms with E-state index in [2.05, 4.69) is 4.72 Å². The van der Waals surface area contributed by atoms with Gasteiger partial charge in [-0.05, 0) is 49.1 Å². The Morgan fingerprint density at radius 3 is 2.46 bits per heavy atom. The van der Waals surface area contributed by atoms with Crippen LogP contribution in [0.4, 0.5) is 11.4 Å². The van der Waals surface area contributed by atoms with Crippen LogP contribution in [0.25, 0.3) is 0 Å². The second kappa shape index (κ2) is 6.92. The van der Waals surface area contributed by atoms with Gasteiger partial charge >= 0.3 is 0 Å². The quantitative estimate of drug-likeness (QED) is 0.845. The van der Waals surface area contributed by atoms with Crippen LogP contribution in [-0.4, -0.2) is 29.1 Å². The molecule has 0 aromatic heterocycles. The third-order valence-corrected chi connectivity index (χ3v) is 7.57. The number of nitrogens with zero attached hydrogens (tertiary/aromatic N) is 1. The minimum atomic E-state index is -3.62. The molecule has 0 amide bonds. The van der Waals surface area contributed by atoms with E-state index in [-0.39, 0.29) is 11.5 Å². The van der Waals surface area contributed by atoms with E-state index in [1.165, 1.54) is 4.31 Å². The standard InChI is InChI=1S/C18H22N2O4S2/c1-14-6-3-4-7-16(14)13-25(21,22)19-18-12-17(9-8-15(18)2)20-10-5-11-26(20,23)24/h3-4,6-9,12,19H,5,10-11,13H2,1-2H3. The molecular formula is C18H22N2O4S2. The molecule has 2 aromatic carbocycles. The minimum absolute atomic E-state index is 0.120. The molecule has 6 nitrogen and oxygen atoms in total. The van der Waals surface area contributed by atoms with Gasteiger partial charge in [-0.3, -0.25) is 9.03 Å². The molecular weight excluding hydrogens is 372 g/mol. The number of rotatable bonds is 5. The molecule has 0 atom stereocenters. The Kier molecular flexibility index (Phi) is 4.98. The maximum absolute atomic E-state index is 12.6. The molecule has 0 bridgehead atoms. The monoisotopic (exact) mass is 394 g/mol. The fraction of sp³-hybridized carbons (Fsp3) is 0.333. The highest BCUT2D eigenvalue weighted by molar-refractivity contribution is 7.93. The minimum Gasteiger partial charge on any atom is -0.283 e. The molecule has 8 heteroatoms. The molecule has 1 aliphatic heterocycles. The third kappa shape index (κ3) is 4.02. The van der Waals surface area contributed by atoms with Crippen molar-refractivity contribution in [1.82, 2.24) is 0 Å². The average molecular weight is 395 g/mol. The first kappa shape index (κ1) is 18.7. The van der Waals surface area contributed by atoms with Crippen molar-refractivity contribution in [2.45, 2.75) is 26.0 Å². The lowest BCUT2D eigenvalue weighted by molar-refractivity contribution is 0.598. The molecule has 1 fully saturated rings. The van der Waals surface area contributed by atoms with Gasteiger partial charge in [-0.2, -0.15) is 0 Å². The Labute approximate surface area is 155 Å². The van der Waals surface area contributed by atoms with Crippen LogP contribution in [0.15, 0.2) is 42.5 Å². The first-order chi connectivity index (χ1) is 12.2. The maximum Gasteiger partial charge on any atom is 0.236 e. The highest BCUT2D eigenvalue weighted by Crippen LogP contribution is 2.29. The number of anilines is 2. The van der Waals surface area contributed by atoms with Gasteiger partial charge in [0.1, 0.15) is 0 Å². The van der Waals surface area contributed by atoms with Crippen molar-refractivity contribution in [2.24, 2.45) is 0 Å². The van der Waals surface area contributed by atoms with E-state index >= 15 is 0 Å². The molecule has 0 spiro atoms. The van der Waals surface area contributed by atoms with Gasteiger partial charge in [-0.1, -0.05) is 30.3 Å². The SMILES string of the molecule is Cc1ccccc1CS(=O)(=O)Nc1cc(N2CCCS2(=O)=O)ccc1C. The Balaban J connectivity index is 1.87. The average Bonchev–Trinajstić information content (AvgIpc) is 2.91. The lowest BCUT2D eigenvalue weighted by Crippen LogP contribution is -2.25. The topological polar surface area (TPSA) is 83.6 Å². The van der Waals surface area contributed by atoms with E-state index in [1.807, 2.05) is 25.1 Å². The van der Waals surface area contributed by atoms with Crippen molar-refractivity contribution < 1.29 is 16.8 Å². The van der Waals surface area contributed by atoms with Crippen LogP contribution in [-0.2, 0) is 25.8 Å². The molecule has 1 heterocycles. The number of hydrogen-bond acceptors (Lipinski definition) is 4. The molecule has 26 heavy (non-hydrogen) atoms. The van der Waals surface area contributed by atoms with Crippen LogP contribution in [0.5, 0.6) is 0 Å². The summed E-state index contributed by atoms with van der Waals surface area (Å²) in [7, 11) is -6.93. The fourth-order valence-corrected chi connectivity index (χ4v) is 5.90. The number of aryl methyl sites for hydroxylation is 2. The zero-order valence-corrected chi connectivity index (χ0v) is 16.4. The van der Waals surface area contributed by atoms with Gasteiger partial charge < -0.3 is 0 Å². The van der Waals surface area contributed by atoms with Crippen molar-refractivity contribution in [3.8, 4) is 0 Å². The van der Waals surface area contributed by atoms with Crippen LogP contribution >= 0.6 is 0 Å². The predicted octanol–water partition coefficient (Wildman–Crippen LogP) is 2.79. The first-order valence-corrected chi connectivity index (χ1v) is 11.6. The molecule has 2 aromatic rings. The second-order valence-electron chi connectivity index (χ2n) is 6.53. The summed E-state index contributed by atoms with van der Waals surface area (Å²) in [6.45, 7) is 4.07. The first-order valence-electron chi connectivity index (χ1n) is 8.34.